The third-order valence-electron chi connectivity index (χ3n) is 5.34. The molecule has 9 nitrogen and oxygen atoms in total. The Morgan fingerprint density at radius 2 is 1.88 bits per heavy atom. The Hall–Kier alpha value is -4.05. The van der Waals surface area contributed by atoms with Gasteiger partial charge in [-0.05, 0) is 55.3 Å². The van der Waals surface area contributed by atoms with E-state index in [4.69, 9.17) is 9.47 Å². The minimum atomic E-state index is -0.724. The lowest BCUT2D eigenvalue weighted by atomic mass is 9.96. The molecular formula is C24H21N3O6S. The van der Waals surface area contributed by atoms with E-state index in [0.29, 0.717) is 38.5 Å². The van der Waals surface area contributed by atoms with E-state index in [-0.39, 0.29) is 16.8 Å². The monoisotopic (exact) mass is 479 g/mol. The van der Waals surface area contributed by atoms with Crippen molar-refractivity contribution in [3.8, 4) is 5.75 Å². The molecule has 10 heteroatoms. The van der Waals surface area contributed by atoms with Gasteiger partial charge < -0.3 is 9.47 Å². The van der Waals surface area contributed by atoms with Gasteiger partial charge >= 0.3 is 5.97 Å². The van der Waals surface area contributed by atoms with Crippen molar-refractivity contribution in [3.63, 3.8) is 0 Å². The Balaban J connectivity index is 1.88. The summed E-state index contributed by atoms with van der Waals surface area (Å²) in [7, 11) is 1.29. The van der Waals surface area contributed by atoms with Gasteiger partial charge in [0.25, 0.3) is 11.2 Å². The Bertz CT molecular complexity index is 1470. The van der Waals surface area contributed by atoms with Crippen LogP contribution in [0.5, 0.6) is 5.75 Å². The molecule has 0 radical (unpaired) electrons. The summed E-state index contributed by atoms with van der Waals surface area (Å²) in [4.78, 5) is 41.6. The van der Waals surface area contributed by atoms with Crippen molar-refractivity contribution < 1.29 is 19.2 Å². The molecule has 4 rings (SSSR count). The number of rotatable bonds is 6. The fourth-order valence-corrected chi connectivity index (χ4v) is 4.81. The second kappa shape index (κ2) is 9.44. The number of nitrogens with zero attached hydrogens (tertiary/aromatic N) is 3. The minimum absolute atomic E-state index is 0.0348. The van der Waals surface area contributed by atoms with E-state index >= 15 is 0 Å². The number of carbonyl (C=O) groups excluding carboxylic acids is 1. The lowest BCUT2D eigenvalue weighted by Crippen LogP contribution is -2.39. The topological polar surface area (TPSA) is 113 Å². The molecule has 2 heterocycles. The minimum Gasteiger partial charge on any atom is -0.494 e. The Kier molecular flexibility index (Phi) is 6.42. The number of benzene rings is 2. The maximum absolute atomic E-state index is 13.5. The fraction of sp³-hybridized carbons (Fsp3) is 0.208. The van der Waals surface area contributed by atoms with Crippen LogP contribution in [0.1, 0.15) is 31.0 Å². The van der Waals surface area contributed by atoms with E-state index in [1.54, 1.807) is 37.3 Å². The Morgan fingerprint density at radius 3 is 2.47 bits per heavy atom. The number of nitro groups is 1. The lowest BCUT2D eigenvalue weighted by molar-refractivity contribution is -0.384. The van der Waals surface area contributed by atoms with E-state index in [9.17, 15) is 19.7 Å². The number of hydrogen-bond donors (Lipinski definition) is 0. The number of hydrogen-bond acceptors (Lipinski definition) is 8. The molecule has 0 saturated heterocycles. The summed E-state index contributed by atoms with van der Waals surface area (Å²) < 4.78 is 12.4. The first-order chi connectivity index (χ1) is 16.3. The zero-order valence-corrected chi connectivity index (χ0v) is 19.5. The van der Waals surface area contributed by atoms with Gasteiger partial charge in [0.15, 0.2) is 4.80 Å². The Labute approximate surface area is 198 Å². The molecule has 0 aliphatic carbocycles. The van der Waals surface area contributed by atoms with Crippen LogP contribution in [0.4, 0.5) is 5.69 Å². The molecule has 174 valence electrons. The molecular weight excluding hydrogens is 458 g/mol. The summed E-state index contributed by atoms with van der Waals surface area (Å²) in [5.41, 5.74) is 1.73. The number of carbonyl (C=O) groups is 1. The van der Waals surface area contributed by atoms with Crippen molar-refractivity contribution >= 4 is 29.1 Å². The van der Waals surface area contributed by atoms with Crippen molar-refractivity contribution in [2.45, 2.75) is 19.9 Å². The molecule has 0 spiro atoms. The molecule has 0 fully saturated rings. The van der Waals surface area contributed by atoms with Crippen LogP contribution < -0.4 is 19.6 Å². The summed E-state index contributed by atoms with van der Waals surface area (Å²) >= 11 is 1.19. The van der Waals surface area contributed by atoms with E-state index < -0.39 is 16.9 Å². The molecule has 1 aliphatic rings. The number of non-ortho nitro benzene ring substituents is 1. The molecule has 0 N–H and O–H groups in total. The normalized spacial score (nSPS) is 15.5. The van der Waals surface area contributed by atoms with Gasteiger partial charge in [-0.1, -0.05) is 23.5 Å². The second-order valence-corrected chi connectivity index (χ2v) is 8.43. The third kappa shape index (κ3) is 4.27. The van der Waals surface area contributed by atoms with Crippen molar-refractivity contribution in [1.29, 1.82) is 0 Å². The van der Waals surface area contributed by atoms with Gasteiger partial charge in [-0.2, -0.15) is 0 Å². The lowest BCUT2D eigenvalue weighted by Gasteiger charge is -2.24. The first-order valence-electron chi connectivity index (χ1n) is 10.4. The number of thiazole rings is 1. The molecule has 1 aromatic heterocycles. The van der Waals surface area contributed by atoms with Crippen LogP contribution in [-0.2, 0) is 9.53 Å². The maximum atomic E-state index is 13.5. The van der Waals surface area contributed by atoms with Crippen LogP contribution in [0.2, 0.25) is 0 Å². The summed E-state index contributed by atoms with van der Waals surface area (Å²) in [6.45, 7) is 4.11. The van der Waals surface area contributed by atoms with E-state index in [1.807, 2.05) is 19.1 Å². The predicted octanol–water partition coefficient (Wildman–Crippen LogP) is 2.72. The Morgan fingerprint density at radius 1 is 1.21 bits per heavy atom. The van der Waals surface area contributed by atoms with Crippen LogP contribution in [0.15, 0.2) is 69.6 Å². The fourth-order valence-electron chi connectivity index (χ4n) is 3.76. The highest BCUT2D eigenvalue weighted by atomic mass is 32.1. The predicted molar refractivity (Wildman–Crippen MR) is 126 cm³/mol. The highest BCUT2D eigenvalue weighted by Crippen LogP contribution is 2.31. The van der Waals surface area contributed by atoms with Gasteiger partial charge in [0, 0.05) is 12.1 Å². The van der Waals surface area contributed by atoms with Crippen LogP contribution >= 0.6 is 11.3 Å². The standard InChI is InChI=1S/C24H21N3O6S/c1-4-33-18-11-7-16(8-12-18)21-20(23(29)32-3)14(2)25-24-26(21)22(28)19(34-24)13-15-5-9-17(10-6-15)27(30)31/h5-13,21H,4H2,1-3H3. The van der Waals surface area contributed by atoms with E-state index in [0.717, 1.165) is 0 Å². The van der Waals surface area contributed by atoms with Crippen molar-refractivity contribution in [3.05, 3.63) is 101 Å². The molecule has 0 bridgehead atoms. The van der Waals surface area contributed by atoms with E-state index in [2.05, 4.69) is 4.99 Å². The number of aromatic nitrogens is 1. The largest absolute Gasteiger partial charge is 0.494 e. The van der Waals surface area contributed by atoms with Gasteiger partial charge in [-0.3, -0.25) is 19.5 Å². The summed E-state index contributed by atoms with van der Waals surface area (Å²) in [6.07, 6.45) is 1.65. The first-order valence-corrected chi connectivity index (χ1v) is 11.2. The third-order valence-corrected chi connectivity index (χ3v) is 6.32. The average molecular weight is 480 g/mol. The molecule has 1 atom stereocenters. The average Bonchev–Trinajstić information content (AvgIpc) is 3.13. The smallest absolute Gasteiger partial charge is 0.338 e. The summed E-state index contributed by atoms with van der Waals surface area (Å²) in [6, 6.07) is 12.4. The SMILES string of the molecule is CCOc1ccc(C2C(C(=O)OC)=C(C)N=c3sc(=Cc4ccc([N+](=O)[O-])cc4)c(=O)n32)cc1. The molecule has 0 saturated carbocycles. The number of methoxy groups -OCH3 is 1. The number of allylic oxidation sites excluding steroid dienone is 1. The van der Waals surface area contributed by atoms with Crippen molar-refractivity contribution in [2.75, 3.05) is 13.7 Å². The van der Waals surface area contributed by atoms with Crippen LogP contribution in [-0.4, -0.2) is 29.2 Å². The second-order valence-electron chi connectivity index (χ2n) is 7.42. The molecule has 1 aliphatic heterocycles. The van der Waals surface area contributed by atoms with Gasteiger partial charge in [0.2, 0.25) is 0 Å². The maximum Gasteiger partial charge on any atom is 0.338 e. The number of esters is 1. The van der Waals surface area contributed by atoms with Crippen molar-refractivity contribution in [1.82, 2.24) is 4.57 Å². The zero-order valence-electron chi connectivity index (χ0n) is 18.7. The summed E-state index contributed by atoms with van der Waals surface area (Å²) in [5.74, 6) is 0.113. The molecule has 3 aromatic rings. The zero-order chi connectivity index (χ0) is 24.4. The van der Waals surface area contributed by atoms with Crippen LogP contribution in [0.3, 0.4) is 0 Å². The van der Waals surface area contributed by atoms with Gasteiger partial charge in [0.1, 0.15) is 5.75 Å². The van der Waals surface area contributed by atoms with Gasteiger partial charge in [0.05, 0.1) is 40.5 Å². The highest BCUT2D eigenvalue weighted by Gasteiger charge is 2.33. The number of fused-ring (bicyclic) bond motifs is 1. The summed E-state index contributed by atoms with van der Waals surface area (Å²) in [5, 5.41) is 10.9. The van der Waals surface area contributed by atoms with Crippen LogP contribution in [0.25, 0.3) is 6.08 Å². The molecule has 2 aromatic carbocycles. The molecule has 34 heavy (non-hydrogen) atoms. The van der Waals surface area contributed by atoms with Gasteiger partial charge in [-0.25, -0.2) is 9.79 Å². The number of nitro benzene ring substituents is 1. The van der Waals surface area contributed by atoms with E-state index in [1.165, 1.54) is 35.1 Å². The highest BCUT2D eigenvalue weighted by molar-refractivity contribution is 7.07. The van der Waals surface area contributed by atoms with Gasteiger partial charge in [-0.15, -0.1) is 0 Å². The first kappa shape index (κ1) is 23.1. The van der Waals surface area contributed by atoms with Crippen molar-refractivity contribution in [2.24, 2.45) is 4.99 Å². The quantitative estimate of drug-likeness (QED) is 0.305. The number of ether oxygens (including phenoxy) is 2. The molecule has 1 unspecified atom stereocenters. The van der Waals surface area contributed by atoms with Crippen LogP contribution in [0, 0.1) is 10.1 Å². The molecule has 0 amide bonds.